The molecule has 5 nitrogen and oxygen atoms in total. The van der Waals surface area contributed by atoms with E-state index < -0.39 is 11.2 Å². The average molecular weight is 397 g/mol. The van der Waals surface area contributed by atoms with Crippen LogP contribution in [0.1, 0.15) is 11.1 Å². The molecule has 2 heterocycles. The number of aromatic nitrogens is 1. The predicted molar refractivity (Wildman–Crippen MR) is 109 cm³/mol. The molecule has 0 unspecified atom stereocenters. The Balaban J connectivity index is 1.88. The first-order valence-corrected chi connectivity index (χ1v) is 9.41. The summed E-state index contributed by atoms with van der Waals surface area (Å²) in [6, 6.07) is 12.3. The molecule has 0 spiro atoms. The molecule has 1 aromatic heterocycles. The molecule has 2 aromatic carbocycles. The number of rotatable bonds is 3. The van der Waals surface area contributed by atoms with E-state index in [0.29, 0.717) is 35.9 Å². The molecule has 1 saturated heterocycles. The van der Waals surface area contributed by atoms with Crippen LogP contribution in [-0.2, 0) is 6.54 Å². The minimum atomic E-state index is -0.449. The van der Waals surface area contributed by atoms with Gasteiger partial charge in [0.05, 0.1) is 16.6 Å². The lowest BCUT2D eigenvalue weighted by Crippen LogP contribution is -2.43. The van der Waals surface area contributed by atoms with E-state index in [1.54, 1.807) is 24.4 Å². The molecule has 28 heavy (non-hydrogen) atoms. The van der Waals surface area contributed by atoms with Crippen LogP contribution >= 0.6 is 11.6 Å². The van der Waals surface area contributed by atoms with Crippen LogP contribution < -0.4 is 15.6 Å². The fraction of sp³-hybridized carbons (Fsp3) is 0.238. The van der Waals surface area contributed by atoms with Crippen molar-refractivity contribution in [2.45, 2.75) is 6.54 Å². The van der Waals surface area contributed by atoms with Crippen LogP contribution in [0.15, 0.2) is 47.4 Å². The number of pyridine rings is 1. The normalized spacial score (nSPS) is 14.2. The Morgan fingerprint density at radius 1 is 1.18 bits per heavy atom. The molecule has 0 radical (unpaired) electrons. The lowest BCUT2D eigenvalue weighted by atomic mass is 10.1. The molecule has 0 saturated carbocycles. The van der Waals surface area contributed by atoms with E-state index >= 15 is 0 Å². The van der Waals surface area contributed by atoms with E-state index in [4.69, 9.17) is 11.6 Å². The molecule has 0 aliphatic carbocycles. The van der Waals surface area contributed by atoms with Crippen LogP contribution in [-0.4, -0.2) is 30.7 Å². The molecule has 142 valence electrons. The fourth-order valence-corrected chi connectivity index (χ4v) is 3.67. The number of fused-ring (bicyclic) bond motifs is 1. The van der Waals surface area contributed by atoms with Gasteiger partial charge < -0.3 is 14.8 Å². The highest BCUT2D eigenvalue weighted by Gasteiger charge is 2.18. The molecule has 0 bridgehead atoms. The van der Waals surface area contributed by atoms with Crippen LogP contribution in [0.5, 0.6) is 0 Å². The monoisotopic (exact) mass is 396 g/mol. The summed E-state index contributed by atoms with van der Waals surface area (Å²) in [6.45, 7) is 3.39. The van der Waals surface area contributed by atoms with Gasteiger partial charge in [-0.05, 0) is 29.8 Å². The zero-order valence-electron chi connectivity index (χ0n) is 15.1. The SMILES string of the molecule is N#Cc1cn(Cc2ccc(Cl)cc2)c2cc(N3CCNCC3)c(F)cc2c1=O. The third-order valence-corrected chi connectivity index (χ3v) is 5.25. The molecule has 1 fully saturated rings. The first-order chi connectivity index (χ1) is 13.6. The van der Waals surface area contributed by atoms with Gasteiger partial charge in [0, 0.05) is 43.9 Å². The highest BCUT2D eigenvalue weighted by atomic mass is 35.5. The highest BCUT2D eigenvalue weighted by Crippen LogP contribution is 2.26. The van der Waals surface area contributed by atoms with Crippen molar-refractivity contribution in [1.29, 1.82) is 5.26 Å². The summed E-state index contributed by atoms with van der Waals surface area (Å²) in [5.41, 5.74) is 1.59. The first-order valence-electron chi connectivity index (χ1n) is 9.04. The topological polar surface area (TPSA) is 61.1 Å². The zero-order chi connectivity index (χ0) is 19.7. The summed E-state index contributed by atoms with van der Waals surface area (Å²) >= 11 is 5.96. The standard InChI is InChI=1S/C21H18ClFN4O/c22-16-3-1-14(2-4-16)12-27-13-15(11-24)21(28)17-9-18(23)20(10-19(17)27)26-7-5-25-6-8-26/h1-4,9-10,13,25H,5-8,12H2. The predicted octanol–water partition coefficient (Wildman–Crippen LogP) is 3.12. The molecule has 7 heteroatoms. The van der Waals surface area contributed by atoms with Crippen molar-refractivity contribution >= 4 is 28.2 Å². The van der Waals surface area contributed by atoms with Gasteiger partial charge >= 0.3 is 0 Å². The van der Waals surface area contributed by atoms with Crippen LogP contribution in [0.4, 0.5) is 10.1 Å². The van der Waals surface area contributed by atoms with Crippen molar-refractivity contribution in [2.24, 2.45) is 0 Å². The van der Waals surface area contributed by atoms with E-state index in [0.717, 1.165) is 18.7 Å². The average Bonchev–Trinajstić information content (AvgIpc) is 2.72. The Hall–Kier alpha value is -2.88. The van der Waals surface area contributed by atoms with E-state index in [-0.39, 0.29) is 10.9 Å². The Morgan fingerprint density at radius 3 is 2.57 bits per heavy atom. The van der Waals surface area contributed by atoms with Crippen LogP contribution in [0, 0.1) is 17.1 Å². The quantitative estimate of drug-likeness (QED) is 0.739. The smallest absolute Gasteiger partial charge is 0.207 e. The van der Waals surface area contributed by atoms with Gasteiger partial charge in [0.25, 0.3) is 0 Å². The number of piperazine rings is 1. The number of benzene rings is 2. The fourth-order valence-electron chi connectivity index (χ4n) is 3.54. The van der Waals surface area contributed by atoms with Crippen molar-refractivity contribution in [3.05, 3.63) is 74.8 Å². The van der Waals surface area contributed by atoms with Gasteiger partial charge in [-0.3, -0.25) is 4.79 Å². The van der Waals surface area contributed by atoms with Gasteiger partial charge in [-0.15, -0.1) is 0 Å². The Morgan fingerprint density at radius 2 is 1.89 bits per heavy atom. The minimum Gasteiger partial charge on any atom is -0.367 e. The van der Waals surface area contributed by atoms with Crippen LogP contribution in [0.2, 0.25) is 5.02 Å². The molecule has 1 aliphatic heterocycles. The van der Waals surface area contributed by atoms with Crippen molar-refractivity contribution in [1.82, 2.24) is 9.88 Å². The zero-order valence-corrected chi connectivity index (χ0v) is 15.8. The van der Waals surface area contributed by atoms with Crippen molar-refractivity contribution < 1.29 is 4.39 Å². The van der Waals surface area contributed by atoms with Crippen LogP contribution in [0.25, 0.3) is 10.9 Å². The van der Waals surface area contributed by atoms with Gasteiger partial charge in [-0.1, -0.05) is 23.7 Å². The number of halogens is 2. The molecule has 3 aromatic rings. The maximum Gasteiger partial charge on any atom is 0.207 e. The third-order valence-electron chi connectivity index (χ3n) is 4.99. The Labute approximate surface area is 166 Å². The number of hydrogen-bond acceptors (Lipinski definition) is 4. The van der Waals surface area contributed by atoms with Crippen molar-refractivity contribution in [2.75, 3.05) is 31.1 Å². The molecule has 1 aliphatic rings. The highest BCUT2D eigenvalue weighted by molar-refractivity contribution is 6.30. The van der Waals surface area contributed by atoms with Gasteiger partial charge in [0.1, 0.15) is 17.4 Å². The Bertz CT molecular complexity index is 1130. The van der Waals surface area contributed by atoms with Gasteiger partial charge in [-0.25, -0.2) is 4.39 Å². The molecule has 0 amide bonds. The second-order valence-corrected chi connectivity index (χ2v) is 7.23. The molecular weight excluding hydrogens is 379 g/mol. The number of anilines is 1. The van der Waals surface area contributed by atoms with Crippen LogP contribution in [0.3, 0.4) is 0 Å². The Kier molecular flexibility index (Phi) is 5.03. The van der Waals surface area contributed by atoms with E-state index in [1.165, 1.54) is 6.07 Å². The summed E-state index contributed by atoms with van der Waals surface area (Å²) in [5, 5.41) is 13.4. The van der Waals surface area contributed by atoms with Crippen molar-refractivity contribution in [3.63, 3.8) is 0 Å². The minimum absolute atomic E-state index is 0.00390. The maximum atomic E-state index is 14.8. The third kappa shape index (κ3) is 3.47. The lowest BCUT2D eigenvalue weighted by molar-refractivity contribution is 0.567. The summed E-state index contributed by atoms with van der Waals surface area (Å²) in [5.74, 6) is -0.445. The van der Waals surface area contributed by atoms with E-state index in [2.05, 4.69) is 5.32 Å². The summed E-state index contributed by atoms with van der Waals surface area (Å²) < 4.78 is 16.6. The molecule has 0 atom stereocenters. The maximum absolute atomic E-state index is 14.8. The molecule has 1 N–H and O–H groups in total. The molecule has 4 rings (SSSR count). The van der Waals surface area contributed by atoms with Gasteiger partial charge in [0.2, 0.25) is 5.43 Å². The largest absolute Gasteiger partial charge is 0.367 e. The number of nitriles is 1. The number of hydrogen-bond donors (Lipinski definition) is 1. The summed E-state index contributed by atoms with van der Waals surface area (Å²) in [6.07, 6.45) is 1.54. The summed E-state index contributed by atoms with van der Waals surface area (Å²) in [7, 11) is 0. The molecular formula is C21H18ClFN4O. The second kappa shape index (κ2) is 7.63. The van der Waals surface area contributed by atoms with Gasteiger partial charge in [0.15, 0.2) is 0 Å². The lowest BCUT2D eigenvalue weighted by Gasteiger charge is -2.30. The second-order valence-electron chi connectivity index (χ2n) is 6.80. The van der Waals surface area contributed by atoms with E-state index in [1.807, 2.05) is 27.7 Å². The number of nitrogens with zero attached hydrogens (tertiary/aromatic N) is 3. The van der Waals surface area contributed by atoms with E-state index in [9.17, 15) is 14.4 Å². The summed E-state index contributed by atoms with van der Waals surface area (Å²) in [4.78, 5) is 14.6. The number of nitrogens with one attached hydrogen (secondary N) is 1. The first kappa shape index (κ1) is 18.5. The van der Waals surface area contributed by atoms with Gasteiger partial charge in [-0.2, -0.15) is 5.26 Å². The van der Waals surface area contributed by atoms with Crippen molar-refractivity contribution in [3.8, 4) is 6.07 Å².